The summed E-state index contributed by atoms with van der Waals surface area (Å²) in [5.74, 6) is 0. The minimum Gasteiger partial charge on any atom is -0.453 e. The summed E-state index contributed by atoms with van der Waals surface area (Å²) in [4.78, 5) is 49.7. The van der Waals surface area contributed by atoms with Gasteiger partial charge in [-0.05, 0) is 51.0 Å². The van der Waals surface area contributed by atoms with Gasteiger partial charge < -0.3 is 19.8 Å². The lowest BCUT2D eigenvalue weighted by molar-refractivity contribution is -0.384. The molecule has 3 N–H and O–H groups in total. The van der Waals surface area contributed by atoms with Gasteiger partial charge in [0.15, 0.2) is 0 Å². The quantitative estimate of drug-likeness (QED) is 0.318. The first-order valence-corrected chi connectivity index (χ1v) is 9.92. The summed E-state index contributed by atoms with van der Waals surface area (Å²) in [6.07, 6.45) is 0.353. The molecule has 0 fully saturated rings. The molecule has 0 aliphatic carbocycles. The number of rotatable bonds is 7. The van der Waals surface area contributed by atoms with Crippen molar-refractivity contribution in [3.05, 3.63) is 69.1 Å². The van der Waals surface area contributed by atoms with Crippen LogP contribution in [0.4, 0.5) is 21.0 Å². The molecule has 11 heteroatoms. The van der Waals surface area contributed by atoms with Crippen LogP contribution in [0.5, 0.6) is 0 Å². The lowest BCUT2D eigenvalue weighted by atomic mass is 10.0. The van der Waals surface area contributed by atoms with E-state index in [9.17, 15) is 24.5 Å². The van der Waals surface area contributed by atoms with Crippen molar-refractivity contribution in [2.24, 2.45) is 0 Å². The summed E-state index contributed by atoms with van der Waals surface area (Å²) in [7, 11) is 1.17. The second kappa shape index (κ2) is 10.4. The second-order valence-electron chi connectivity index (χ2n) is 8.02. The number of nitro groups is 1. The minimum absolute atomic E-state index is 0.150. The van der Waals surface area contributed by atoms with E-state index < -0.39 is 34.3 Å². The summed E-state index contributed by atoms with van der Waals surface area (Å²) in [6.45, 7) is 8.82. The number of hydrogen-bond acceptors (Lipinski definition) is 7. The van der Waals surface area contributed by atoms with E-state index in [1.807, 2.05) is 0 Å². The number of nitro benzene ring substituents is 1. The third-order valence-corrected chi connectivity index (χ3v) is 4.27. The van der Waals surface area contributed by atoms with Crippen LogP contribution in [0.25, 0.3) is 11.1 Å². The fourth-order valence-corrected chi connectivity index (χ4v) is 2.96. The van der Waals surface area contributed by atoms with E-state index in [0.717, 1.165) is 6.07 Å². The Bertz CT molecular complexity index is 1120. The molecule has 0 spiro atoms. The van der Waals surface area contributed by atoms with Crippen molar-refractivity contribution in [2.45, 2.75) is 38.8 Å². The zero-order chi connectivity index (χ0) is 24.8. The maximum absolute atomic E-state index is 12.4. The fraction of sp³-hybridized carbons (Fsp3) is 0.318. The van der Waals surface area contributed by atoms with Gasteiger partial charge in [0.1, 0.15) is 5.60 Å². The molecule has 0 saturated heterocycles. The lowest BCUT2D eigenvalue weighted by Crippen LogP contribution is -2.35. The molecule has 0 bridgehead atoms. The van der Waals surface area contributed by atoms with Crippen LogP contribution in [0.3, 0.4) is 0 Å². The predicted octanol–water partition coefficient (Wildman–Crippen LogP) is 4.27. The average molecular weight is 458 g/mol. The Morgan fingerprint density at radius 1 is 1.24 bits per heavy atom. The number of nitrogens with one attached hydrogen (secondary N) is 3. The molecule has 0 aliphatic rings. The van der Waals surface area contributed by atoms with Crippen molar-refractivity contribution in [3.8, 4) is 11.1 Å². The molecule has 1 aromatic heterocycles. The van der Waals surface area contributed by atoms with Crippen molar-refractivity contribution in [3.63, 3.8) is 0 Å². The lowest BCUT2D eigenvalue weighted by Gasteiger charge is -2.23. The fourth-order valence-electron chi connectivity index (χ4n) is 2.96. The highest BCUT2D eigenvalue weighted by Gasteiger charge is 2.23. The molecule has 1 atom stereocenters. The van der Waals surface area contributed by atoms with Crippen molar-refractivity contribution >= 4 is 23.6 Å². The van der Waals surface area contributed by atoms with Gasteiger partial charge in [0, 0.05) is 17.8 Å². The highest BCUT2D eigenvalue weighted by atomic mass is 16.6. The van der Waals surface area contributed by atoms with Crippen LogP contribution in [-0.2, 0) is 9.47 Å². The van der Waals surface area contributed by atoms with Crippen LogP contribution in [-0.4, -0.2) is 34.8 Å². The number of ether oxygens (including phenoxy) is 2. The number of aromatic amines is 1. The predicted molar refractivity (Wildman–Crippen MR) is 122 cm³/mol. The first-order chi connectivity index (χ1) is 15.4. The maximum atomic E-state index is 12.4. The van der Waals surface area contributed by atoms with Gasteiger partial charge in [0.2, 0.25) is 5.56 Å². The number of nitrogens with zero attached hydrogens (tertiary/aromatic N) is 1. The van der Waals surface area contributed by atoms with Crippen molar-refractivity contribution in [1.29, 1.82) is 0 Å². The molecule has 1 aromatic carbocycles. The Labute approximate surface area is 189 Å². The number of carbonyl (C=O) groups is 2. The topological polar surface area (TPSA) is 153 Å². The standard InChI is InChI=1S/C22H26N4O7/c1-6-7-16(25-21(29)33-22(2,3)4)17-10-13(11-19(27)24-17)15-9-8-14(23-20(28)32-5)12-18(15)26(30)31/h6,8-12,16H,1,7H2,2-5H3,(H,23,28)(H,24,27)(H,25,29). The van der Waals surface area contributed by atoms with Crippen LogP contribution < -0.4 is 16.2 Å². The Hall–Kier alpha value is -4.15. The van der Waals surface area contributed by atoms with Gasteiger partial charge in [-0.1, -0.05) is 6.08 Å². The van der Waals surface area contributed by atoms with E-state index in [1.54, 1.807) is 26.8 Å². The number of amides is 2. The molecular weight excluding hydrogens is 432 g/mol. The van der Waals surface area contributed by atoms with Crippen molar-refractivity contribution in [1.82, 2.24) is 10.3 Å². The highest BCUT2D eigenvalue weighted by Crippen LogP contribution is 2.33. The summed E-state index contributed by atoms with van der Waals surface area (Å²) < 4.78 is 9.77. The molecule has 2 rings (SSSR count). The number of carbonyl (C=O) groups excluding carboxylic acids is 2. The first kappa shape index (κ1) is 25.1. The zero-order valence-electron chi connectivity index (χ0n) is 18.8. The molecule has 2 aromatic rings. The smallest absolute Gasteiger partial charge is 0.411 e. The largest absolute Gasteiger partial charge is 0.453 e. The summed E-state index contributed by atoms with van der Waals surface area (Å²) >= 11 is 0. The van der Waals surface area contributed by atoms with E-state index in [4.69, 9.17) is 4.74 Å². The van der Waals surface area contributed by atoms with Crippen LogP contribution in [0.1, 0.15) is 38.9 Å². The number of H-pyrrole nitrogens is 1. The molecule has 176 valence electrons. The molecule has 0 aliphatic heterocycles. The normalized spacial score (nSPS) is 11.8. The van der Waals surface area contributed by atoms with Gasteiger partial charge in [0.05, 0.1) is 29.3 Å². The van der Waals surface area contributed by atoms with Gasteiger partial charge in [-0.3, -0.25) is 20.2 Å². The third-order valence-electron chi connectivity index (χ3n) is 4.27. The second-order valence-corrected chi connectivity index (χ2v) is 8.02. The Morgan fingerprint density at radius 2 is 1.94 bits per heavy atom. The number of anilines is 1. The number of alkyl carbamates (subject to hydrolysis) is 1. The maximum Gasteiger partial charge on any atom is 0.411 e. The monoisotopic (exact) mass is 458 g/mol. The van der Waals surface area contributed by atoms with Gasteiger partial charge in [-0.25, -0.2) is 9.59 Å². The number of hydrogen-bond donors (Lipinski definition) is 3. The van der Waals surface area contributed by atoms with Gasteiger partial charge in [0.25, 0.3) is 5.69 Å². The molecular formula is C22H26N4O7. The molecule has 11 nitrogen and oxygen atoms in total. The summed E-state index contributed by atoms with van der Waals surface area (Å²) in [6, 6.07) is 6.06. The van der Waals surface area contributed by atoms with Crippen molar-refractivity contribution < 1.29 is 24.0 Å². The van der Waals surface area contributed by atoms with E-state index in [1.165, 1.54) is 31.4 Å². The SMILES string of the molecule is C=CCC(NC(=O)OC(C)(C)C)c1cc(-c2ccc(NC(=O)OC)cc2[N+](=O)[O-])cc(=O)[nH]1. The Kier molecular flexibility index (Phi) is 7.95. The minimum atomic E-state index is -0.782. The van der Waals surface area contributed by atoms with E-state index in [2.05, 4.69) is 26.9 Å². The molecule has 1 heterocycles. The third kappa shape index (κ3) is 7.20. The van der Waals surface area contributed by atoms with E-state index >= 15 is 0 Å². The van der Waals surface area contributed by atoms with Gasteiger partial charge in [-0.15, -0.1) is 6.58 Å². The number of aromatic nitrogens is 1. The molecule has 0 saturated carbocycles. The summed E-state index contributed by atoms with van der Waals surface area (Å²) in [5, 5.41) is 16.7. The van der Waals surface area contributed by atoms with Crippen LogP contribution >= 0.6 is 0 Å². The van der Waals surface area contributed by atoms with Gasteiger partial charge >= 0.3 is 12.2 Å². The van der Waals surface area contributed by atoms with Gasteiger partial charge in [-0.2, -0.15) is 0 Å². The molecule has 0 radical (unpaired) electrons. The zero-order valence-corrected chi connectivity index (χ0v) is 18.8. The van der Waals surface area contributed by atoms with Crippen LogP contribution in [0, 0.1) is 10.1 Å². The number of pyridine rings is 1. The molecule has 33 heavy (non-hydrogen) atoms. The number of benzene rings is 1. The molecule has 2 amide bonds. The van der Waals surface area contributed by atoms with E-state index in [-0.39, 0.29) is 28.9 Å². The first-order valence-electron chi connectivity index (χ1n) is 9.92. The van der Waals surface area contributed by atoms with Crippen LogP contribution in [0.15, 0.2) is 47.8 Å². The van der Waals surface area contributed by atoms with Crippen molar-refractivity contribution in [2.75, 3.05) is 12.4 Å². The summed E-state index contributed by atoms with van der Waals surface area (Å²) in [5.41, 5.74) is -0.705. The Morgan fingerprint density at radius 3 is 2.52 bits per heavy atom. The van der Waals surface area contributed by atoms with Crippen LogP contribution in [0.2, 0.25) is 0 Å². The Balaban J connectivity index is 2.49. The molecule has 1 unspecified atom stereocenters. The highest BCUT2D eigenvalue weighted by molar-refractivity contribution is 5.87. The van der Waals surface area contributed by atoms with E-state index in [0.29, 0.717) is 5.69 Å². The number of methoxy groups -OCH3 is 1. The average Bonchev–Trinajstić information content (AvgIpc) is 2.71.